The third-order valence-electron chi connectivity index (χ3n) is 3.77. The first kappa shape index (κ1) is 17.0. The molecule has 1 heterocycles. The molecule has 0 N–H and O–H groups in total. The van der Waals surface area contributed by atoms with E-state index in [4.69, 9.17) is 16.3 Å². The van der Waals surface area contributed by atoms with E-state index in [-0.39, 0.29) is 12.3 Å². The largest absolute Gasteiger partial charge is 0.487 e. The highest BCUT2D eigenvalue weighted by Crippen LogP contribution is 2.28. The van der Waals surface area contributed by atoms with Gasteiger partial charge in [0.2, 0.25) is 0 Å². The molecule has 0 unspecified atom stereocenters. The fraction of sp³-hybridized carbons (Fsp3) is 0.167. The number of aromatic nitrogens is 4. The average molecular weight is 357 g/mol. The first-order valence-corrected chi connectivity index (χ1v) is 8.01. The molecule has 0 bridgehead atoms. The Kier molecular flexibility index (Phi) is 4.72. The first-order valence-electron chi connectivity index (χ1n) is 7.63. The van der Waals surface area contributed by atoms with Crippen molar-refractivity contribution in [2.45, 2.75) is 13.5 Å². The molecule has 128 valence electrons. The maximum absolute atomic E-state index is 12.2. The van der Waals surface area contributed by atoms with Crippen molar-refractivity contribution in [2.75, 3.05) is 0 Å². The van der Waals surface area contributed by atoms with E-state index >= 15 is 0 Å². The quantitative estimate of drug-likeness (QED) is 0.704. The lowest BCUT2D eigenvalue weighted by atomic mass is 10.0. The van der Waals surface area contributed by atoms with Gasteiger partial charge in [-0.3, -0.25) is 0 Å². The lowest BCUT2D eigenvalue weighted by Crippen LogP contribution is -2.23. The first-order chi connectivity index (χ1) is 12.0. The molecule has 0 saturated carbocycles. The molecular formula is C18H17ClN4O2. The number of aryl methyl sites for hydroxylation is 1. The van der Waals surface area contributed by atoms with Crippen molar-refractivity contribution >= 4 is 17.2 Å². The van der Waals surface area contributed by atoms with Crippen molar-refractivity contribution in [3.05, 3.63) is 75.7 Å². The van der Waals surface area contributed by atoms with E-state index in [2.05, 4.69) is 17.0 Å². The van der Waals surface area contributed by atoms with Crippen LogP contribution in [-0.4, -0.2) is 19.8 Å². The van der Waals surface area contributed by atoms with Crippen molar-refractivity contribution in [3.63, 3.8) is 0 Å². The summed E-state index contributed by atoms with van der Waals surface area (Å²) in [7, 11) is 1.55. The number of nitrogens with zero attached hydrogens (tertiary/aromatic N) is 4. The van der Waals surface area contributed by atoms with Crippen LogP contribution in [0.5, 0.6) is 5.75 Å². The van der Waals surface area contributed by atoms with Gasteiger partial charge in [-0.1, -0.05) is 48.0 Å². The molecular weight excluding hydrogens is 340 g/mol. The van der Waals surface area contributed by atoms with Crippen molar-refractivity contribution in [3.8, 4) is 11.4 Å². The number of benzene rings is 2. The summed E-state index contributed by atoms with van der Waals surface area (Å²) in [5, 5.41) is 8.22. The van der Waals surface area contributed by atoms with Gasteiger partial charge in [0.25, 0.3) is 0 Å². The van der Waals surface area contributed by atoms with Crippen LogP contribution in [0.2, 0.25) is 5.02 Å². The van der Waals surface area contributed by atoms with Gasteiger partial charge in [0.05, 0.1) is 10.7 Å². The number of halogens is 1. The Morgan fingerprint density at radius 1 is 1.20 bits per heavy atom. The summed E-state index contributed by atoms with van der Waals surface area (Å²) in [4.78, 5) is 12.2. The lowest BCUT2D eigenvalue weighted by Gasteiger charge is -2.15. The van der Waals surface area contributed by atoms with E-state index in [0.717, 1.165) is 16.7 Å². The summed E-state index contributed by atoms with van der Waals surface area (Å²) in [6.07, 6.45) is 0. The molecule has 2 aromatic carbocycles. The zero-order valence-corrected chi connectivity index (χ0v) is 14.7. The Morgan fingerprint density at radius 3 is 2.60 bits per heavy atom. The second kappa shape index (κ2) is 6.94. The Morgan fingerprint density at radius 2 is 1.96 bits per heavy atom. The Bertz CT molecular complexity index is 991. The van der Waals surface area contributed by atoms with E-state index in [1.165, 1.54) is 9.36 Å². The van der Waals surface area contributed by atoms with E-state index in [1.54, 1.807) is 25.2 Å². The summed E-state index contributed by atoms with van der Waals surface area (Å²) >= 11 is 6.15. The Labute approximate surface area is 149 Å². The van der Waals surface area contributed by atoms with E-state index in [9.17, 15) is 4.79 Å². The van der Waals surface area contributed by atoms with E-state index < -0.39 is 0 Å². The molecule has 0 amide bonds. The molecule has 25 heavy (non-hydrogen) atoms. The summed E-state index contributed by atoms with van der Waals surface area (Å²) in [6.45, 7) is 6.12. The number of tetrazole rings is 1. The second-order valence-corrected chi connectivity index (χ2v) is 6.01. The van der Waals surface area contributed by atoms with Gasteiger partial charge in [0.1, 0.15) is 12.4 Å². The number of rotatable bonds is 5. The molecule has 0 aliphatic carbocycles. The summed E-state index contributed by atoms with van der Waals surface area (Å²) < 4.78 is 8.30. The predicted molar refractivity (Wildman–Crippen MR) is 97.1 cm³/mol. The predicted octanol–water partition coefficient (Wildman–Crippen LogP) is 3.23. The molecule has 0 spiro atoms. The van der Waals surface area contributed by atoms with Crippen LogP contribution in [0.3, 0.4) is 0 Å². The molecule has 0 fully saturated rings. The van der Waals surface area contributed by atoms with Gasteiger partial charge in [-0.2, -0.15) is 9.36 Å². The maximum atomic E-state index is 12.2. The van der Waals surface area contributed by atoms with Gasteiger partial charge in [-0.15, -0.1) is 0 Å². The fourth-order valence-corrected chi connectivity index (χ4v) is 2.69. The average Bonchev–Trinajstić information content (AvgIpc) is 2.93. The fourth-order valence-electron chi connectivity index (χ4n) is 2.50. The van der Waals surface area contributed by atoms with Gasteiger partial charge in [0, 0.05) is 12.6 Å². The highest BCUT2D eigenvalue weighted by Gasteiger charge is 2.16. The second-order valence-electron chi connectivity index (χ2n) is 5.60. The molecule has 7 heteroatoms. The van der Waals surface area contributed by atoms with Crippen LogP contribution < -0.4 is 10.4 Å². The van der Waals surface area contributed by atoms with E-state index in [0.29, 0.717) is 16.5 Å². The summed E-state index contributed by atoms with van der Waals surface area (Å²) in [5.74, 6) is 0.568. The van der Waals surface area contributed by atoms with Gasteiger partial charge in [-0.25, -0.2) is 4.79 Å². The minimum absolute atomic E-state index is 0.213. The molecule has 1 aromatic heterocycles. The molecule has 3 aromatic rings. The minimum atomic E-state index is -0.335. The number of hydrogen-bond donors (Lipinski definition) is 0. The number of hydrogen-bond acceptors (Lipinski definition) is 4. The van der Waals surface area contributed by atoms with Gasteiger partial charge in [-0.05, 0) is 41.1 Å². The molecule has 6 nitrogen and oxygen atoms in total. The van der Waals surface area contributed by atoms with Crippen LogP contribution >= 0.6 is 11.6 Å². The zero-order chi connectivity index (χ0) is 18.0. The van der Waals surface area contributed by atoms with Gasteiger partial charge in [0.15, 0.2) is 0 Å². The molecule has 0 saturated heterocycles. The minimum Gasteiger partial charge on any atom is -0.487 e. The van der Waals surface area contributed by atoms with Crippen LogP contribution in [0.1, 0.15) is 18.1 Å². The SMILES string of the molecule is C=C(C)c1cccc(-n2nnn(C)c2=O)c1COc1ccccc1Cl. The van der Waals surface area contributed by atoms with Crippen LogP contribution in [0.25, 0.3) is 11.3 Å². The molecule has 0 aliphatic heterocycles. The summed E-state index contributed by atoms with van der Waals surface area (Å²) in [5.41, 5.74) is 2.81. The van der Waals surface area contributed by atoms with Crippen LogP contribution in [0, 0.1) is 0 Å². The summed E-state index contributed by atoms with van der Waals surface area (Å²) in [6, 6.07) is 12.8. The number of ether oxygens (including phenoxy) is 1. The van der Waals surface area contributed by atoms with Crippen LogP contribution in [-0.2, 0) is 13.7 Å². The molecule has 3 rings (SSSR count). The zero-order valence-electron chi connectivity index (χ0n) is 13.9. The highest BCUT2D eigenvalue weighted by molar-refractivity contribution is 6.32. The third kappa shape index (κ3) is 3.34. The van der Waals surface area contributed by atoms with Crippen molar-refractivity contribution in [2.24, 2.45) is 7.05 Å². The van der Waals surface area contributed by atoms with Crippen molar-refractivity contribution in [1.29, 1.82) is 0 Å². The van der Waals surface area contributed by atoms with Crippen LogP contribution in [0.4, 0.5) is 0 Å². The molecule has 0 radical (unpaired) electrons. The molecule has 0 aliphatic rings. The molecule has 0 atom stereocenters. The maximum Gasteiger partial charge on any atom is 0.368 e. The monoisotopic (exact) mass is 356 g/mol. The van der Waals surface area contributed by atoms with E-state index in [1.807, 2.05) is 31.2 Å². The van der Waals surface area contributed by atoms with Crippen molar-refractivity contribution < 1.29 is 4.74 Å². The Hall–Kier alpha value is -2.86. The number of para-hydroxylation sites is 1. The van der Waals surface area contributed by atoms with Crippen LogP contribution in [0.15, 0.2) is 53.8 Å². The lowest BCUT2D eigenvalue weighted by molar-refractivity contribution is 0.305. The highest BCUT2D eigenvalue weighted by atomic mass is 35.5. The standard InChI is InChI=1S/C18H17ClN4O2/c1-12(2)13-7-6-9-16(23-18(24)22(3)20-21-23)14(13)11-25-17-10-5-4-8-15(17)19/h4-10H,1,11H2,2-3H3. The Balaban J connectivity index is 2.07. The van der Waals surface area contributed by atoms with Crippen molar-refractivity contribution in [1.82, 2.24) is 19.8 Å². The number of allylic oxidation sites excluding steroid dienone is 1. The normalized spacial score (nSPS) is 10.7. The van der Waals surface area contributed by atoms with Gasteiger partial charge < -0.3 is 4.74 Å². The third-order valence-corrected chi connectivity index (χ3v) is 4.08. The van der Waals surface area contributed by atoms with Gasteiger partial charge >= 0.3 is 5.69 Å². The topological polar surface area (TPSA) is 61.9 Å². The smallest absolute Gasteiger partial charge is 0.368 e.